The van der Waals surface area contributed by atoms with Gasteiger partial charge in [0.25, 0.3) is 0 Å². The molecule has 4 atom stereocenters. The number of hydrogen-bond donors (Lipinski definition) is 3. The van der Waals surface area contributed by atoms with Gasteiger partial charge in [0.1, 0.15) is 24.4 Å². The minimum absolute atomic E-state index is 0.102. The van der Waals surface area contributed by atoms with E-state index in [0.717, 1.165) is 12.8 Å². The summed E-state index contributed by atoms with van der Waals surface area (Å²) in [5, 5.41) is 28.9. The molecule has 0 radical (unpaired) electrons. The molecular weight excluding hydrogens is 284 g/mol. The highest BCUT2D eigenvalue weighted by Gasteiger charge is 2.38. The van der Waals surface area contributed by atoms with Gasteiger partial charge >= 0.3 is 0 Å². The topological polar surface area (TPSA) is 79.2 Å². The zero-order valence-corrected chi connectivity index (χ0v) is 14.0. The van der Waals surface area contributed by atoms with Crippen LogP contribution >= 0.6 is 0 Å². The molecule has 1 rings (SSSR count). The summed E-state index contributed by atoms with van der Waals surface area (Å²) >= 11 is 0. The lowest BCUT2D eigenvalue weighted by Gasteiger charge is -2.37. The average molecular weight is 318 g/mol. The lowest BCUT2D eigenvalue weighted by molar-refractivity contribution is -0.210. The number of aliphatic hydroxyl groups is 3. The number of ether oxygens (including phenoxy) is 2. The Hall–Kier alpha value is -0.200. The second-order valence-electron chi connectivity index (χ2n) is 6.28. The van der Waals surface area contributed by atoms with Crippen molar-refractivity contribution in [1.29, 1.82) is 0 Å². The molecule has 0 saturated carbocycles. The van der Waals surface area contributed by atoms with Crippen molar-refractivity contribution in [1.82, 2.24) is 0 Å². The predicted octanol–water partition coefficient (Wildman–Crippen LogP) is 2.02. The summed E-state index contributed by atoms with van der Waals surface area (Å²) < 4.78 is 10.8. The molecule has 1 aliphatic rings. The van der Waals surface area contributed by atoms with Crippen LogP contribution in [0, 0.1) is 0 Å². The maximum Gasteiger partial charge on any atom is 0.114 e. The molecule has 0 bridgehead atoms. The van der Waals surface area contributed by atoms with E-state index in [1.165, 1.54) is 44.9 Å². The molecule has 0 amide bonds. The highest BCUT2D eigenvalue weighted by molar-refractivity contribution is 4.87. The van der Waals surface area contributed by atoms with E-state index in [1.807, 2.05) is 0 Å². The van der Waals surface area contributed by atoms with E-state index in [0.29, 0.717) is 6.61 Å². The zero-order valence-electron chi connectivity index (χ0n) is 14.0. The second kappa shape index (κ2) is 12.3. The number of hydrogen-bond acceptors (Lipinski definition) is 5. The van der Waals surface area contributed by atoms with E-state index < -0.39 is 24.4 Å². The van der Waals surface area contributed by atoms with Gasteiger partial charge in [0.2, 0.25) is 0 Å². The first-order valence-electron chi connectivity index (χ1n) is 8.90. The van der Waals surface area contributed by atoms with Crippen LogP contribution in [0.25, 0.3) is 0 Å². The van der Waals surface area contributed by atoms with Crippen molar-refractivity contribution in [2.45, 2.75) is 89.1 Å². The van der Waals surface area contributed by atoms with Crippen LogP contribution in [0.4, 0.5) is 0 Å². The largest absolute Gasteiger partial charge is 0.394 e. The predicted molar refractivity (Wildman–Crippen MR) is 85.8 cm³/mol. The first-order valence-corrected chi connectivity index (χ1v) is 8.90. The van der Waals surface area contributed by atoms with Gasteiger partial charge < -0.3 is 24.8 Å². The fourth-order valence-electron chi connectivity index (χ4n) is 2.86. The second-order valence-corrected chi connectivity index (χ2v) is 6.28. The van der Waals surface area contributed by atoms with Crippen molar-refractivity contribution in [2.24, 2.45) is 0 Å². The molecule has 0 unspecified atom stereocenters. The molecule has 0 aromatic heterocycles. The van der Waals surface area contributed by atoms with E-state index in [1.54, 1.807) is 0 Å². The maximum atomic E-state index is 9.97. The molecule has 0 spiro atoms. The summed E-state index contributed by atoms with van der Waals surface area (Å²) in [6.45, 7) is 2.61. The normalized spacial score (nSPS) is 28.9. The Bertz CT molecular complexity index is 261. The van der Waals surface area contributed by atoms with E-state index in [-0.39, 0.29) is 13.2 Å². The summed E-state index contributed by atoms with van der Waals surface area (Å²) in [7, 11) is 0. The molecule has 5 nitrogen and oxygen atoms in total. The maximum absolute atomic E-state index is 9.97. The average Bonchev–Trinajstić information content (AvgIpc) is 2.52. The van der Waals surface area contributed by atoms with Crippen LogP contribution in [0.15, 0.2) is 0 Å². The summed E-state index contributed by atoms with van der Waals surface area (Å²) in [5.41, 5.74) is 0. The molecule has 0 aromatic carbocycles. The molecule has 0 aromatic rings. The summed E-state index contributed by atoms with van der Waals surface area (Å²) in [6, 6.07) is 0. The van der Waals surface area contributed by atoms with E-state index in [9.17, 15) is 10.2 Å². The van der Waals surface area contributed by atoms with Crippen LogP contribution < -0.4 is 0 Å². The molecule has 1 saturated heterocycles. The van der Waals surface area contributed by atoms with Crippen molar-refractivity contribution in [3.63, 3.8) is 0 Å². The Balaban J connectivity index is 2.01. The van der Waals surface area contributed by atoms with Crippen LogP contribution in [0.2, 0.25) is 0 Å². The summed E-state index contributed by atoms with van der Waals surface area (Å²) in [4.78, 5) is 0. The smallest absolute Gasteiger partial charge is 0.114 e. The van der Waals surface area contributed by atoms with E-state index in [4.69, 9.17) is 14.6 Å². The highest BCUT2D eigenvalue weighted by atomic mass is 16.6. The van der Waals surface area contributed by atoms with Gasteiger partial charge in [-0.2, -0.15) is 0 Å². The van der Waals surface area contributed by atoms with Gasteiger partial charge in [0, 0.05) is 6.61 Å². The third kappa shape index (κ3) is 7.38. The van der Waals surface area contributed by atoms with Gasteiger partial charge in [-0.25, -0.2) is 0 Å². The number of rotatable bonds is 12. The summed E-state index contributed by atoms with van der Waals surface area (Å²) in [5.74, 6) is 0. The van der Waals surface area contributed by atoms with Crippen molar-refractivity contribution < 1.29 is 24.8 Å². The van der Waals surface area contributed by atoms with Gasteiger partial charge in [0.15, 0.2) is 0 Å². The minimum Gasteiger partial charge on any atom is -0.394 e. The zero-order chi connectivity index (χ0) is 16.2. The van der Waals surface area contributed by atoms with Crippen molar-refractivity contribution >= 4 is 0 Å². The molecule has 22 heavy (non-hydrogen) atoms. The van der Waals surface area contributed by atoms with E-state index in [2.05, 4.69) is 6.92 Å². The fraction of sp³-hybridized carbons (Fsp3) is 1.00. The van der Waals surface area contributed by atoms with Crippen LogP contribution in [0.1, 0.15) is 64.7 Å². The third-order valence-electron chi connectivity index (χ3n) is 4.32. The first kappa shape index (κ1) is 19.8. The van der Waals surface area contributed by atoms with Gasteiger partial charge in [-0.05, 0) is 6.42 Å². The quantitative estimate of drug-likeness (QED) is 0.480. The molecule has 3 N–H and O–H groups in total. The molecule has 1 heterocycles. The standard InChI is InChI=1S/C17H34O5/c1-2-3-4-5-6-7-8-9-10-11-21-17-14(19)13-22-15(12-18)16(17)20/h14-20H,2-13H2,1H3/t14-,15+,16+,17+/m0/s1. The van der Waals surface area contributed by atoms with Crippen LogP contribution in [0.5, 0.6) is 0 Å². The fourth-order valence-corrected chi connectivity index (χ4v) is 2.86. The van der Waals surface area contributed by atoms with Gasteiger partial charge in [-0.15, -0.1) is 0 Å². The molecular formula is C17H34O5. The SMILES string of the molecule is CCCCCCCCCCCO[C@H]1[C@H](O)[C@@H](CO)OC[C@@H]1O. The Kier molecular flexibility index (Phi) is 11.1. The minimum atomic E-state index is -0.965. The number of aliphatic hydroxyl groups excluding tert-OH is 3. The molecule has 132 valence electrons. The lowest BCUT2D eigenvalue weighted by atomic mass is 10.0. The van der Waals surface area contributed by atoms with Crippen molar-refractivity contribution in [2.75, 3.05) is 19.8 Å². The molecule has 5 heteroatoms. The Morgan fingerprint density at radius 3 is 2.14 bits per heavy atom. The van der Waals surface area contributed by atoms with Gasteiger partial charge in [-0.3, -0.25) is 0 Å². The Morgan fingerprint density at radius 2 is 1.55 bits per heavy atom. The van der Waals surface area contributed by atoms with Crippen LogP contribution in [0.3, 0.4) is 0 Å². The summed E-state index contributed by atoms with van der Waals surface area (Å²) in [6.07, 6.45) is 8.10. The Labute approximate surface area is 134 Å². The third-order valence-corrected chi connectivity index (χ3v) is 4.32. The Morgan fingerprint density at radius 1 is 0.955 bits per heavy atom. The van der Waals surface area contributed by atoms with Gasteiger partial charge in [-0.1, -0.05) is 58.3 Å². The molecule has 0 aliphatic carbocycles. The monoisotopic (exact) mass is 318 g/mol. The van der Waals surface area contributed by atoms with Crippen LogP contribution in [-0.4, -0.2) is 59.6 Å². The molecule has 1 fully saturated rings. The van der Waals surface area contributed by atoms with Gasteiger partial charge in [0.05, 0.1) is 13.2 Å². The first-order chi connectivity index (χ1) is 10.7. The van der Waals surface area contributed by atoms with E-state index >= 15 is 0 Å². The van der Waals surface area contributed by atoms with Crippen molar-refractivity contribution in [3.05, 3.63) is 0 Å². The van der Waals surface area contributed by atoms with Crippen molar-refractivity contribution in [3.8, 4) is 0 Å². The highest BCUT2D eigenvalue weighted by Crippen LogP contribution is 2.19. The van der Waals surface area contributed by atoms with Crippen LogP contribution in [-0.2, 0) is 9.47 Å². The number of unbranched alkanes of at least 4 members (excludes halogenated alkanes) is 8. The lowest BCUT2D eigenvalue weighted by Crippen LogP contribution is -2.55. The molecule has 1 aliphatic heterocycles.